The Kier molecular flexibility index (Phi) is 2.93. The van der Waals surface area contributed by atoms with E-state index in [0.29, 0.717) is 5.75 Å². The Morgan fingerprint density at radius 1 is 1.32 bits per heavy atom. The van der Waals surface area contributed by atoms with Gasteiger partial charge in [0.1, 0.15) is 6.10 Å². The summed E-state index contributed by atoms with van der Waals surface area (Å²) in [7, 11) is 0. The van der Waals surface area contributed by atoms with Crippen LogP contribution in [0, 0.1) is 15.5 Å². The number of para-hydroxylation sites is 2. The van der Waals surface area contributed by atoms with Crippen molar-refractivity contribution in [2.24, 2.45) is 11.1 Å². The Balaban J connectivity index is 1.81. The Labute approximate surface area is 111 Å². The van der Waals surface area contributed by atoms with Crippen molar-refractivity contribution in [1.29, 1.82) is 0 Å². The number of hydrogen-bond donors (Lipinski definition) is 1. The minimum atomic E-state index is -0.394. The summed E-state index contributed by atoms with van der Waals surface area (Å²) < 4.78 is 5.93. The molecule has 2 aliphatic rings. The van der Waals surface area contributed by atoms with E-state index in [0.717, 1.165) is 19.3 Å². The van der Waals surface area contributed by atoms with E-state index < -0.39 is 4.92 Å². The van der Waals surface area contributed by atoms with Gasteiger partial charge in [0.15, 0.2) is 5.75 Å². The quantitative estimate of drug-likeness (QED) is 0.671. The molecule has 102 valence electrons. The summed E-state index contributed by atoms with van der Waals surface area (Å²) in [6.45, 7) is 0. The molecule has 1 aromatic carbocycles. The fourth-order valence-corrected chi connectivity index (χ4v) is 3.53. The van der Waals surface area contributed by atoms with Crippen LogP contribution in [-0.2, 0) is 0 Å². The average molecular weight is 262 g/mol. The van der Waals surface area contributed by atoms with Crippen LogP contribution in [0.25, 0.3) is 0 Å². The first-order valence-corrected chi connectivity index (χ1v) is 6.79. The molecule has 2 N–H and O–H groups in total. The summed E-state index contributed by atoms with van der Waals surface area (Å²) >= 11 is 0. The maximum Gasteiger partial charge on any atom is 0.310 e. The van der Waals surface area contributed by atoms with Gasteiger partial charge in [-0.25, -0.2) is 0 Å². The van der Waals surface area contributed by atoms with E-state index in [4.69, 9.17) is 10.5 Å². The van der Waals surface area contributed by atoms with E-state index in [1.54, 1.807) is 18.2 Å². The highest BCUT2D eigenvalue weighted by Crippen LogP contribution is 2.54. The number of nitro groups is 1. The largest absolute Gasteiger partial charge is 0.483 e. The molecule has 2 aliphatic carbocycles. The van der Waals surface area contributed by atoms with Crippen molar-refractivity contribution < 1.29 is 9.66 Å². The smallest absolute Gasteiger partial charge is 0.310 e. The van der Waals surface area contributed by atoms with E-state index in [9.17, 15) is 10.1 Å². The van der Waals surface area contributed by atoms with Gasteiger partial charge >= 0.3 is 5.69 Å². The van der Waals surface area contributed by atoms with Gasteiger partial charge in [0.25, 0.3) is 0 Å². The molecule has 0 saturated heterocycles. The van der Waals surface area contributed by atoms with Crippen molar-refractivity contribution in [1.82, 2.24) is 0 Å². The third kappa shape index (κ3) is 1.89. The monoisotopic (exact) mass is 262 g/mol. The molecule has 0 aliphatic heterocycles. The van der Waals surface area contributed by atoms with Gasteiger partial charge in [0.2, 0.25) is 0 Å². The number of ether oxygens (including phenoxy) is 1. The third-order valence-electron chi connectivity index (χ3n) is 4.71. The fourth-order valence-electron chi connectivity index (χ4n) is 3.53. The SMILES string of the molecule is NC1CC(Oc2ccccc2[N+](=O)[O-])C12CCCC2. The second-order valence-corrected chi connectivity index (χ2v) is 5.61. The first-order chi connectivity index (χ1) is 9.13. The van der Waals surface area contributed by atoms with Gasteiger partial charge < -0.3 is 10.5 Å². The van der Waals surface area contributed by atoms with Crippen molar-refractivity contribution >= 4 is 5.69 Å². The van der Waals surface area contributed by atoms with Gasteiger partial charge in [-0.15, -0.1) is 0 Å². The van der Waals surface area contributed by atoms with Crippen LogP contribution in [0.4, 0.5) is 5.69 Å². The van der Waals surface area contributed by atoms with E-state index in [1.807, 2.05) is 0 Å². The molecule has 5 heteroatoms. The van der Waals surface area contributed by atoms with Gasteiger partial charge in [0, 0.05) is 23.9 Å². The molecule has 0 aromatic heterocycles. The summed E-state index contributed by atoms with van der Waals surface area (Å²) in [6.07, 6.45) is 5.37. The summed E-state index contributed by atoms with van der Waals surface area (Å²) in [5.74, 6) is 0.371. The van der Waals surface area contributed by atoms with Crippen LogP contribution >= 0.6 is 0 Å². The summed E-state index contributed by atoms with van der Waals surface area (Å²) in [5, 5.41) is 11.0. The van der Waals surface area contributed by atoms with Crippen LogP contribution in [0.15, 0.2) is 24.3 Å². The van der Waals surface area contributed by atoms with Crippen molar-refractivity contribution in [3.05, 3.63) is 34.4 Å². The van der Waals surface area contributed by atoms with Crippen molar-refractivity contribution in [2.45, 2.75) is 44.2 Å². The molecular formula is C14H18N2O3. The number of hydrogen-bond acceptors (Lipinski definition) is 4. The first kappa shape index (κ1) is 12.4. The van der Waals surface area contributed by atoms with E-state index in [2.05, 4.69) is 0 Å². The molecule has 0 heterocycles. The zero-order valence-electron chi connectivity index (χ0n) is 10.7. The zero-order chi connectivity index (χ0) is 13.5. The fraction of sp³-hybridized carbons (Fsp3) is 0.571. The predicted octanol–water partition coefficient (Wildman–Crippen LogP) is 2.63. The Morgan fingerprint density at radius 3 is 2.63 bits per heavy atom. The Bertz CT molecular complexity index is 497. The summed E-state index contributed by atoms with van der Waals surface area (Å²) in [5.41, 5.74) is 6.24. The lowest BCUT2D eigenvalue weighted by molar-refractivity contribution is -0.386. The number of benzene rings is 1. The highest BCUT2D eigenvalue weighted by Gasteiger charge is 2.56. The lowest BCUT2D eigenvalue weighted by atomic mass is 9.61. The van der Waals surface area contributed by atoms with Gasteiger partial charge in [0.05, 0.1) is 4.92 Å². The van der Waals surface area contributed by atoms with Crippen molar-refractivity contribution in [3.8, 4) is 5.75 Å². The summed E-state index contributed by atoms with van der Waals surface area (Å²) in [4.78, 5) is 10.6. The van der Waals surface area contributed by atoms with Crippen molar-refractivity contribution in [2.75, 3.05) is 0 Å². The minimum Gasteiger partial charge on any atom is -0.483 e. The third-order valence-corrected chi connectivity index (χ3v) is 4.71. The maximum absolute atomic E-state index is 11.0. The zero-order valence-corrected chi connectivity index (χ0v) is 10.7. The molecule has 0 amide bonds. The topological polar surface area (TPSA) is 78.4 Å². The minimum absolute atomic E-state index is 0.0334. The molecule has 3 rings (SSSR count). The highest BCUT2D eigenvalue weighted by molar-refractivity contribution is 5.46. The predicted molar refractivity (Wildman–Crippen MR) is 71.0 cm³/mol. The van der Waals surface area contributed by atoms with Crippen LogP contribution in [0.3, 0.4) is 0 Å². The maximum atomic E-state index is 11.0. The molecule has 2 saturated carbocycles. The summed E-state index contributed by atoms with van der Waals surface area (Å²) in [6, 6.07) is 6.76. The number of nitrogens with two attached hydrogens (primary N) is 1. The highest BCUT2D eigenvalue weighted by atomic mass is 16.6. The lowest BCUT2D eigenvalue weighted by Crippen LogP contribution is -2.62. The lowest BCUT2D eigenvalue weighted by Gasteiger charge is -2.51. The van der Waals surface area contributed by atoms with E-state index in [-0.39, 0.29) is 23.2 Å². The molecule has 2 atom stereocenters. The normalized spacial score (nSPS) is 28.1. The van der Waals surface area contributed by atoms with Crippen molar-refractivity contribution in [3.63, 3.8) is 0 Å². The average Bonchev–Trinajstić information content (AvgIpc) is 2.91. The van der Waals surface area contributed by atoms with Crippen LogP contribution in [0.5, 0.6) is 5.75 Å². The van der Waals surface area contributed by atoms with Gasteiger partial charge in [-0.3, -0.25) is 10.1 Å². The van der Waals surface area contributed by atoms with E-state index in [1.165, 1.54) is 18.9 Å². The van der Waals surface area contributed by atoms with Gasteiger partial charge in [-0.1, -0.05) is 25.0 Å². The molecule has 0 bridgehead atoms. The second kappa shape index (κ2) is 4.49. The molecule has 1 aromatic rings. The molecule has 2 unspecified atom stereocenters. The van der Waals surface area contributed by atoms with Crippen LogP contribution in [-0.4, -0.2) is 17.1 Å². The molecule has 0 radical (unpaired) electrons. The van der Waals surface area contributed by atoms with Gasteiger partial charge in [-0.05, 0) is 18.9 Å². The Hall–Kier alpha value is -1.62. The standard InChI is InChI=1S/C14H18N2O3/c15-12-9-13(14(12)7-3-4-8-14)19-11-6-2-1-5-10(11)16(17)18/h1-2,5-6,12-13H,3-4,7-9,15H2. The molecule has 5 nitrogen and oxygen atoms in total. The van der Waals surface area contributed by atoms with Crippen LogP contribution in [0.1, 0.15) is 32.1 Å². The molecule has 19 heavy (non-hydrogen) atoms. The molecular weight excluding hydrogens is 244 g/mol. The second-order valence-electron chi connectivity index (χ2n) is 5.61. The van der Waals surface area contributed by atoms with E-state index >= 15 is 0 Å². The first-order valence-electron chi connectivity index (χ1n) is 6.79. The van der Waals surface area contributed by atoms with Crippen LogP contribution < -0.4 is 10.5 Å². The number of nitro benzene ring substituents is 1. The molecule has 2 fully saturated rings. The number of rotatable bonds is 3. The van der Waals surface area contributed by atoms with Gasteiger partial charge in [-0.2, -0.15) is 0 Å². The van der Waals surface area contributed by atoms with Crippen LogP contribution in [0.2, 0.25) is 0 Å². The molecule has 1 spiro atoms. The Morgan fingerprint density at radius 2 is 2.00 bits per heavy atom. The number of nitrogens with zero attached hydrogens (tertiary/aromatic N) is 1.